The molecule has 2 aromatic heterocycles. The average Bonchev–Trinajstić information content (AvgIpc) is 3.27. The first-order valence-electron chi connectivity index (χ1n) is 9.42. The lowest BCUT2D eigenvalue weighted by atomic mass is 9.86. The van der Waals surface area contributed by atoms with Gasteiger partial charge in [0.05, 0.1) is 6.04 Å². The molecule has 0 N–H and O–H groups in total. The van der Waals surface area contributed by atoms with Gasteiger partial charge in [0.1, 0.15) is 0 Å². The predicted molar refractivity (Wildman–Crippen MR) is 92.5 cm³/mol. The van der Waals surface area contributed by atoms with E-state index < -0.39 is 0 Å². The summed E-state index contributed by atoms with van der Waals surface area (Å²) in [5, 5.41) is 8.63. The lowest BCUT2D eigenvalue weighted by Crippen LogP contribution is -2.31. The number of amides is 1. The fraction of sp³-hybridized carbons (Fsp3) is 0.632. The van der Waals surface area contributed by atoms with Gasteiger partial charge in [-0.15, -0.1) is 10.2 Å². The summed E-state index contributed by atoms with van der Waals surface area (Å²) in [7, 11) is 0. The van der Waals surface area contributed by atoms with Gasteiger partial charge in [0.2, 0.25) is 5.91 Å². The number of fused-ring (bicyclic) bond motifs is 1. The Labute approximate surface area is 143 Å². The van der Waals surface area contributed by atoms with E-state index in [1.165, 1.54) is 32.1 Å². The zero-order valence-electron chi connectivity index (χ0n) is 14.2. The molecule has 2 fully saturated rings. The molecule has 0 aromatic carbocycles. The first kappa shape index (κ1) is 15.6. The SMILES string of the molecule is O=C(CCC1CCCCC1)N1CCC[C@@H]1c1nnc2ccccn12. The van der Waals surface area contributed by atoms with E-state index in [1.54, 1.807) is 0 Å². The lowest BCUT2D eigenvalue weighted by Gasteiger charge is -2.26. The second-order valence-corrected chi connectivity index (χ2v) is 7.27. The van der Waals surface area contributed by atoms with Crippen LogP contribution in [-0.2, 0) is 4.79 Å². The van der Waals surface area contributed by atoms with Gasteiger partial charge in [0, 0.05) is 19.2 Å². The van der Waals surface area contributed by atoms with E-state index in [0.29, 0.717) is 12.3 Å². The second kappa shape index (κ2) is 6.91. The number of nitrogens with zero attached hydrogens (tertiary/aromatic N) is 4. The summed E-state index contributed by atoms with van der Waals surface area (Å²) < 4.78 is 2.03. The Hall–Kier alpha value is -1.91. The predicted octanol–water partition coefficient (Wildman–Crippen LogP) is 3.75. The second-order valence-electron chi connectivity index (χ2n) is 7.27. The zero-order chi connectivity index (χ0) is 16.4. The highest BCUT2D eigenvalue weighted by atomic mass is 16.2. The van der Waals surface area contributed by atoms with Crippen LogP contribution < -0.4 is 0 Å². The van der Waals surface area contributed by atoms with E-state index in [-0.39, 0.29) is 6.04 Å². The van der Waals surface area contributed by atoms with Crippen LogP contribution in [0, 0.1) is 5.92 Å². The van der Waals surface area contributed by atoms with Crippen molar-refractivity contribution in [1.82, 2.24) is 19.5 Å². The summed E-state index contributed by atoms with van der Waals surface area (Å²) in [5.74, 6) is 1.97. The smallest absolute Gasteiger partial charge is 0.223 e. The van der Waals surface area contributed by atoms with Crippen molar-refractivity contribution < 1.29 is 4.79 Å². The minimum absolute atomic E-state index is 0.0845. The van der Waals surface area contributed by atoms with E-state index in [0.717, 1.165) is 43.2 Å². The molecular formula is C19H26N4O. The third-order valence-corrected chi connectivity index (χ3v) is 5.70. The minimum atomic E-state index is 0.0845. The Morgan fingerprint density at radius 2 is 1.96 bits per heavy atom. The van der Waals surface area contributed by atoms with E-state index in [9.17, 15) is 4.79 Å². The molecule has 5 heteroatoms. The summed E-state index contributed by atoms with van der Waals surface area (Å²) in [5.41, 5.74) is 0.856. The van der Waals surface area contributed by atoms with E-state index >= 15 is 0 Å². The van der Waals surface area contributed by atoms with Crippen molar-refractivity contribution in [3.8, 4) is 0 Å². The normalized spacial score (nSPS) is 22.3. The van der Waals surface area contributed by atoms with E-state index in [2.05, 4.69) is 10.2 Å². The van der Waals surface area contributed by atoms with E-state index in [4.69, 9.17) is 0 Å². The van der Waals surface area contributed by atoms with Crippen molar-refractivity contribution in [1.29, 1.82) is 0 Å². The number of carbonyl (C=O) groups is 1. The standard InChI is InChI=1S/C19H26N4O/c24-18(12-11-15-7-2-1-3-8-15)22-14-6-9-16(22)19-21-20-17-10-4-5-13-23(17)19/h4-5,10,13,15-16H,1-3,6-9,11-12,14H2/t16-/m1/s1. The van der Waals surface area contributed by atoms with Crippen LogP contribution in [0.4, 0.5) is 0 Å². The van der Waals surface area contributed by atoms with E-state index in [1.807, 2.05) is 33.7 Å². The molecule has 0 bridgehead atoms. The first-order valence-corrected chi connectivity index (χ1v) is 9.42. The van der Waals surface area contributed by atoms with Crippen molar-refractivity contribution in [3.63, 3.8) is 0 Å². The number of carbonyl (C=O) groups excluding carboxylic acids is 1. The third kappa shape index (κ3) is 3.04. The van der Waals surface area contributed by atoms with Crippen LogP contribution in [-0.4, -0.2) is 31.9 Å². The Balaban J connectivity index is 1.45. The molecule has 1 saturated heterocycles. The highest BCUT2D eigenvalue weighted by Crippen LogP contribution is 2.33. The molecule has 1 aliphatic carbocycles. The van der Waals surface area contributed by atoms with Gasteiger partial charge in [-0.05, 0) is 37.3 Å². The van der Waals surface area contributed by atoms with Crippen LogP contribution in [0.1, 0.15) is 69.7 Å². The molecule has 1 saturated carbocycles. The number of pyridine rings is 1. The highest BCUT2D eigenvalue weighted by molar-refractivity contribution is 5.77. The molecule has 5 nitrogen and oxygen atoms in total. The van der Waals surface area contributed by atoms with Gasteiger partial charge in [0.15, 0.2) is 11.5 Å². The summed E-state index contributed by atoms with van der Waals surface area (Å²) in [6.07, 6.45) is 12.5. The van der Waals surface area contributed by atoms with Crippen LogP contribution >= 0.6 is 0 Å². The van der Waals surface area contributed by atoms with Crippen LogP contribution in [0.25, 0.3) is 5.65 Å². The summed E-state index contributed by atoms with van der Waals surface area (Å²) in [4.78, 5) is 14.8. The fourth-order valence-corrected chi connectivity index (χ4v) is 4.37. The summed E-state index contributed by atoms with van der Waals surface area (Å²) in [6.45, 7) is 0.857. The molecular weight excluding hydrogens is 300 g/mol. The van der Waals surface area contributed by atoms with Gasteiger partial charge in [0.25, 0.3) is 0 Å². The Morgan fingerprint density at radius 1 is 1.08 bits per heavy atom. The van der Waals surface area contributed by atoms with Gasteiger partial charge >= 0.3 is 0 Å². The molecule has 0 spiro atoms. The Kier molecular flexibility index (Phi) is 4.50. The van der Waals surface area contributed by atoms with Crippen molar-refractivity contribution in [2.24, 2.45) is 5.92 Å². The third-order valence-electron chi connectivity index (χ3n) is 5.70. The van der Waals surface area contributed by atoms with Gasteiger partial charge in [-0.1, -0.05) is 38.2 Å². The van der Waals surface area contributed by atoms with Crippen molar-refractivity contribution in [2.45, 2.75) is 63.8 Å². The summed E-state index contributed by atoms with van der Waals surface area (Å²) >= 11 is 0. The van der Waals surface area contributed by atoms with Crippen molar-refractivity contribution in [2.75, 3.05) is 6.54 Å². The first-order chi connectivity index (χ1) is 11.8. The van der Waals surface area contributed by atoms with Crippen LogP contribution in [0.5, 0.6) is 0 Å². The average molecular weight is 326 g/mol. The molecule has 3 heterocycles. The summed E-state index contributed by atoms with van der Waals surface area (Å²) in [6, 6.07) is 6.00. The topological polar surface area (TPSA) is 50.5 Å². The number of hydrogen-bond acceptors (Lipinski definition) is 3. The highest BCUT2D eigenvalue weighted by Gasteiger charge is 2.33. The number of aromatic nitrogens is 3. The van der Waals surface area contributed by atoms with Gasteiger partial charge in [-0.3, -0.25) is 9.20 Å². The van der Waals surface area contributed by atoms with Crippen molar-refractivity contribution >= 4 is 11.6 Å². The van der Waals surface area contributed by atoms with Gasteiger partial charge in [-0.2, -0.15) is 0 Å². The van der Waals surface area contributed by atoms with Crippen LogP contribution in [0.3, 0.4) is 0 Å². The maximum atomic E-state index is 12.8. The van der Waals surface area contributed by atoms with Gasteiger partial charge < -0.3 is 4.90 Å². The Bertz CT molecular complexity index is 704. The fourth-order valence-electron chi connectivity index (χ4n) is 4.37. The quantitative estimate of drug-likeness (QED) is 0.859. The number of rotatable bonds is 4. The lowest BCUT2D eigenvalue weighted by molar-refractivity contribution is -0.132. The maximum Gasteiger partial charge on any atom is 0.223 e. The van der Waals surface area contributed by atoms with Gasteiger partial charge in [-0.25, -0.2) is 0 Å². The zero-order valence-corrected chi connectivity index (χ0v) is 14.2. The Morgan fingerprint density at radius 3 is 2.83 bits per heavy atom. The number of likely N-dealkylation sites (tertiary alicyclic amines) is 1. The molecule has 0 radical (unpaired) electrons. The molecule has 1 atom stereocenters. The molecule has 0 unspecified atom stereocenters. The molecule has 24 heavy (non-hydrogen) atoms. The maximum absolute atomic E-state index is 12.8. The number of hydrogen-bond donors (Lipinski definition) is 0. The minimum Gasteiger partial charge on any atom is -0.332 e. The van der Waals surface area contributed by atoms with Crippen molar-refractivity contribution in [3.05, 3.63) is 30.2 Å². The van der Waals surface area contributed by atoms with Crippen LogP contribution in [0.15, 0.2) is 24.4 Å². The molecule has 2 aliphatic rings. The molecule has 128 valence electrons. The van der Waals surface area contributed by atoms with Crippen LogP contribution in [0.2, 0.25) is 0 Å². The molecule has 4 rings (SSSR count). The molecule has 2 aromatic rings. The monoisotopic (exact) mass is 326 g/mol. The molecule has 1 aliphatic heterocycles. The largest absolute Gasteiger partial charge is 0.332 e. The molecule has 1 amide bonds.